The number of nitrogens with zero attached hydrogens (tertiary/aromatic N) is 5. The van der Waals surface area contributed by atoms with Crippen LogP contribution in [0.4, 0.5) is 5.69 Å². The molecule has 0 spiro atoms. The van der Waals surface area contributed by atoms with Crippen molar-refractivity contribution in [1.29, 1.82) is 0 Å². The highest BCUT2D eigenvalue weighted by Gasteiger charge is 2.32. The second-order valence-corrected chi connectivity index (χ2v) is 7.11. The summed E-state index contributed by atoms with van der Waals surface area (Å²) in [6.07, 6.45) is 6.15. The summed E-state index contributed by atoms with van der Waals surface area (Å²) in [7, 11) is 1.89. The zero-order valence-corrected chi connectivity index (χ0v) is 15.8. The van der Waals surface area contributed by atoms with Gasteiger partial charge in [-0.15, -0.1) is 0 Å². The molecule has 7 nitrogen and oxygen atoms in total. The van der Waals surface area contributed by atoms with Crippen LogP contribution in [0.2, 0.25) is 0 Å². The molecule has 2 aromatic rings. The maximum atomic E-state index is 12.8. The number of anilines is 1. The maximum absolute atomic E-state index is 12.8. The fourth-order valence-electron chi connectivity index (χ4n) is 3.68. The summed E-state index contributed by atoms with van der Waals surface area (Å²) in [5, 5.41) is 11.8. The molecule has 0 unspecified atom stereocenters. The number of hydrogen-bond acceptors (Lipinski definition) is 4. The molecular formula is C18H28N6O. The van der Waals surface area contributed by atoms with Crippen molar-refractivity contribution in [1.82, 2.24) is 24.5 Å². The molecule has 0 saturated carbocycles. The van der Waals surface area contributed by atoms with Gasteiger partial charge in [0, 0.05) is 19.3 Å². The highest BCUT2D eigenvalue weighted by Crippen LogP contribution is 2.24. The molecule has 2 aromatic heterocycles. The van der Waals surface area contributed by atoms with Gasteiger partial charge in [0.25, 0.3) is 0 Å². The molecule has 1 N–H and O–H groups in total. The molecule has 0 aliphatic carbocycles. The average Bonchev–Trinajstić information content (AvgIpc) is 3.24. The van der Waals surface area contributed by atoms with Gasteiger partial charge in [0.2, 0.25) is 5.91 Å². The van der Waals surface area contributed by atoms with E-state index in [2.05, 4.69) is 26.6 Å². The standard InChI is InChI=1S/C18H28N6O/c1-12-9-19-23(10-12)11-16-7-6-8-24(16)15(4)18(25)20-17-13(2)21-22(5)14(17)3/h9-10,15-16H,6-8,11H2,1-5H3,(H,20,25)/t15-,16-/m1/s1. The van der Waals surface area contributed by atoms with E-state index < -0.39 is 0 Å². The molecule has 1 saturated heterocycles. The van der Waals surface area contributed by atoms with E-state index in [1.54, 1.807) is 4.68 Å². The molecule has 1 amide bonds. The quantitative estimate of drug-likeness (QED) is 0.901. The Kier molecular flexibility index (Phi) is 4.94. The van der Waals surface area contributed by atoms with E-state index in [0.29, 0.717) is 6.04 Å². The topological polar surface area (TPSA) is 68.0 Å². The SMILES string of the molecule is Cc1cnn(C[C@H]2CCCN2[C@H](C)C(=O)Nc2c(C)nn(C)c2C)c1. The van der Waals surface area contributed by atoms with Crippen LogP contribution in [-0.4, -0.2) is 49.0 Å². The molecule has 25 heavy (non-hydrogen) atoms. The second kappa shape index (κ2) is 7.00. The third-order valence-corrected chi connectivity index (χ3v) is 5.22. The van der Waals surface area contributed by atoms with Crippen molar-refractivity contribution < 1.29 is 4.79 Å². The zero-order valence-electron chi connectivity index (χ0n) is 15.8. The van der Waals surface area contributed by atoms with Gasteiger partial charge in [-0.25, -0.2) is 0 Å². The molecule has 1 aliphatic heterocycles. The van der Waals surface area contributed by atoms with Crippen LogP contribution in [-0.2, 0) is 18.4 Å². The zero-order chi connectivity index (χ0) is 18.1. The lowest BCUT2D eigenvalue weighted by Crippen LogP contribution is -2.46. The summed E-state index contributed by atoms with van der Waals surface area (Å²) in [5.74, 6) is 0.0303. The number of aryl methyl sites for hydroxylation is 3. The number of hydrogen-bond donors (Lipinski definition) is 1. The van der Waals surface area contributed by atoms with Crippen LogP contribution in [0.5, 0.6) is 0 Å². The molecule has 7 heteroatoms. The first-order valence-corrected chi connectivity index (χ1v) is 8.92. The van der Waals surface area contributed by atoms with Gasteiger partial charge < -0.3 is 5.32 Å². The molecule has 136 valence electrons. The maximum Gasteiger partial charge on any atom is 0.241 e. The van der Waals surface area contributed by atoms with E-state index in [1.165, 1.54) is 0 Å². The Balaban J connectivity index is 1.68. The summed E-state index contributed by atoms with van der Waals surface area (Å²) in [6, 6.07) is 0.166. The van der Waals surface area contributed by atoms with Gasteiger partial charge >= 0.3 is 0 Å². The first-order chi connectivity index (χ1) is 11.9. The van der Waals surface area contributed by atoms with Crippen molar-refractivity contribution in [2.45, 2.75) is 59.2 Å². The van der Waals surface area contributed by atoms with Crippen molar-refractivity contribution >= 4 is 11.6 Å². The second-order valence-electron chi connectivity index (χ2n) is 7.11. The van der Waals surface area contributed by atoms with Crippen LogP contribution in [0.3, 0.4) is 0 Å². The molecule has 1 aliphatic rings. The van der Waals surface area contributed by atoms with E-state index in [0.717, 1.165) is 48.6 Å². The van der Waals surface area contributed by atoms with Gasteiger partial charge in [0.05, 0.1) is 35.9 Å². The van der Waals surface area contributed by atoms with Crippen LogP contribution >= 0.6 is 0 Å². The van der Waals surface area contributed by atoms with Crippen LogP contribution in [0, 0.1) is 20.8 Å². The molecule has 0 radical (unpaired) electrons. The Morgan fingerprint density at radius 3 is 2.76 bits per heavy atom. The third-order valence-electron chi connectivity index (χ3n) is 5.22. The monoisotopic (exact) mass is 344 g/mol. The molecule has 0 bridgehead atoms. The highest BCUT2D eigenvalue weighted by atomic mass is 16.2. The summed E-state index contributed by atoms with van der Waals surface area (Å²) in [6.45, 7) is 9.71. The fraction of sp³-hybridized carbons (Fsp3) is 0.611. The van der Waals surface area contributed by atoms with Gasteiger partial charge in [-0.1, -0.05) is 0 Å². The van der Waals surface area contributed by atoms with E-state index in [-0.39, 0.29) is 11.9 Å². The van der Waals surface area contributed by atoms with Gasteiger partial charge in [-0.05, 0) is 52.6 Å². The Bertz CT molecular complexity index is 762. The average molecular weight is 344 g/mol. The Morgan fingerprint density at radius 1 is 1.40 bits per heavy atom. The molecule has 0 aromatic carbocycles. The summed E-state index contributed by atoms with van der Waals surface area (Å²) in [4.78, 5) is 15.1. The third kappa shape index (κ3) is 3.61. The number of aromatic nitrogens is 4. The van der Waals surface area contributed by atoms with Crippen molar-refractivity contribution in [3.8, 4) is 0 Å². The fourth-order valence-corrected chi connectivity index (χ4v) is 3.68. The van der Waals surface area contributed by atoms with Crippen LogP contribution in [0.1, 0.15) is 36.7 Å². The van der Waals surface area contributed by atoms with Gasteiger partial charge in [-0.3, -0.25) is 19.1 Å². The van der Waals surface area contributed by atoms with Gasteiger partial charge in [0.15, 0.2) is 0 Å². The number of nitrogens with one attached hydrogen (secondary N) is 1. The highest BCUT2D eigenvalue weighted by molar-refractivity contribution is 5.95. The summed E-state index contributed by atoms with van der Waals surface area (Å²) >= 11 is 0. The molecule has 3 rings (SSSR count). The van der Waals surface area contributed by atoms with Gasteiger partial charge in [0.1, 0.15) is 0 Å². The Hall–Kier alpha value is -2.15. The lowest BCUT2D eigenvalue weighted by Gasteiger charge is -2.29. The van der Waals surface area contributed by atoms with Crippen LogP contribution in [0.25, 0.3) is 0 Å². The predicted molar refractivity (Wildman–Crippen MR) is 97.5 cm³/mol. The molecule has 1 fully saturated rings. The smallest absolute Gasteiger partial charge is 0.241 e. The number of rotatable bonds is 5. The minimum atomic E-state index is -0.178. The Labute approximate surface area is 149 Å². The van der Waals surface area contributed by atoms with Crippen molar-refractivity contribution in [2.75, 3.05) is 11.9 Å². The Morgan fingerprint density at radius 2 is 2.16 bits per heavy atom. The van der Waals surface area contributed by atoms with E-state index >= 15 is 0 Å². The largest absolute Gasteiger partial charge is 0.322 e. The number of amides is 1. The minimum absolute atomic E-state index is 0.0303. The van der Waals surface area contributed by atoms with E-state index in [9.17, 15) is 4.79 Å². The van der Waals surface area contributed by atoms with E-state index in [4.69, 9.17) is 0 Å². The number of carbonyl (C=O) groups excluding carboxylic acids is 1. The first kappa shape index (κ1) is 17.7. The predicted octanol–water partition coefficient (Wildman–Crippen LogP) is 2.03. The van der Waals surface area contributed by atoms with Crippen molar-refractivity contribution in [3.63, 3.8) is 0 Å². The molecule has 3 heterocycles. The van der Waals surface area contributed by atoms with Crippen LogP contribution in [0.15, 0.2) is 12.4 Å². The van der Waals surface area contributed by atoms with Crippen LogP contribution < -0.4 is 5.32 Å². The lowest BCUT2D eigenvalue weighted by atomic mass is 10.1. The number of carbonyl (C=O) groups is 1. The molecule has 2 atom stereocenters. The summed E-state index contributed by atoms with van der Waals surface area (Å²) in [5.41, 5.74) is 3.82. The lowest BCUT2D eigenvalue weighted by molar-refractivity contribution is -0.121. The number of likely N-dealkylation sites (tertiary alicyclic amines) is 1. The normalized spacial score (nSPS) is 19.3. The van der Waals surface area contributed by atoms with Gasteiger partial charge in [-0.2, -0.15) is 10.2 Å². The van der Waals surface area contributed by atoms with Crippen molar-refractivity contribution in [2.24, 2.45) is 7.05 Å². The summed E-state index contributed by atoms with van der Waals surface area (Å²) < 4.78 is 3.78. The van der Waals surface area contributed by atoms with E-state index in [1.807, 2.05) is 45.6 Å². The minimum Gasteiger partial charge on any atom is -0.322 e. The molecular weight excluding hydrogens is 316 g/mol. The van der Waals surface area contributed by atoms with Crippen molar-refractivity contribution in [3.05, 3.63) is 29.3 Å². The first-order valence-electron chi connectivity index (χ1n) is 8.92.